The lowest BCUT2D eigenvalue weighted by Gasteiger charge is -1.90. The largest absolute Gasteiger partial charge is 0.510 e. The van der Waals surface area contributed by atoms with Crippen LogP contribution in [0.25, 0.3) is 0 Å². The SMILES string of the molecule is CC(Cl)C=COC(=O)O. The number of carbonyl (C=O) groups is 1. The Morgan fingerprint density at radius 1 is 1.89 bits per heavy atom. The first-order chi connectivity index (χ1) is 4.13. The predicted octanol–water partition coefficient (Wildman–Crippen LogP) is 1.82. The zero-order valence-electron chi connectivity index (χ0n) is 4.87. The second kappa shape index (κ2) is 4.21. The fourth-order valence-electron chi connectivity index (χ4n) is 0.206. The van der Waals surface area contributed by atoms with Crippen LogP contribution in [0.1, 0.15) is 6.92 Å². The number of rotatable bonds is 2. The molecule has 0 saturated carbocycles. The monoisotopic (exact) mass is 150 g/mol. The van der Waals surface area contributed by atoms with Crippen molar-refractivity contribution in [2.24, 2.45) is 0 Å². The maximum Gasteiger partial charge on any atom is 0.510 e. The van der Waals surface area contributed by atoms with Crippen molar-refractivity contribution in [3.63, 3.8) is 0 Å². The smallest absolute Gasteiger partial charge is 0.449 e. The highest BCUT2D eigenvalue weighted by molar-refractivity contribution is 6.21. The normalized spacial score (nSPS) is 13.6. The molecule has 0 aromatic heterocycles. The van der Waals surface area contributed by atoms with Crippen molar-refractivity contribution in [1.29, 1.82) is 0 Å². The van der Waals surface area contributed by atoms with Crippen molar-refractivity contribution in [3.05, 3.63) is 12.3 Å². The van der Waals surface area contributed by atoms with E-state index in [-0.39, 0.29) is 5.38 Å². The topological polar surface area (TPSA) is 46.5 Å². The third-order valence-corrected chi connectivity index (χ3v) is 0.658. The van der Waals surface area contributed by atoms with Crippen LogP contribution in [0.2, 0.25) is 0 Å². The average Bonchev–Trinajstić information content (AvgIpc) is 1.63. The van der Waals surface area contributed by atoms with E-state index >= 15 is 0 Å². The third kappa shape index (κ3) is 7.30. The maximum atomic E-state index is 9.66. The van der Waals surface area contributed by atoms with Crippen molar-refractivity contribution in [2.45, 2.75) is 12.3 Å². The first kappa shape index (κ1) is 8.30. The Bertz CT molecular complexity index is 119. The highest BCUT2D eigenvalue weighted by atomic mass is 35.5. The molecule has 0 aromatic rings. The Balaban J connectivity index is 3.36. The number of hydrogen-bond acceptors (Lipinski definition) is 2. The van der Waals surface area contributed by atoms with Gasteiger partial charge in [-0.2, -0.15) is 0 Å². The molecule has 1 N–H and O–H groups in total. The van der Waals surface area contributed by atoms with Crippen LogP contribution in [0.4, 0.5) is 4.79 Å². The number of allylic oxidation sites excluding steroid dienone is 1. The van der Waals surface area contributed by atoms with Crippen molar-refractivity contribution < 1.29 is 14.6 Å². The van der Waals surface area contributed by atoms with Gasteiger partial charge in [0.2, 0.25) is 0 Å². The van der Waals surface area contributed by atoms with Gasteiger partial charge in [-0.1, -0.05) is 0 Å². The van der Waals surface area contributed by atoms with Gasteiger partial charge in [0, 0.05) is 0 Å². The quantitative estimate of drug-likeness (QED) is 0.371. The molecule has 1 atom stereocenters. The summed E-state index contributed by atoms with van der Waals surface area (Å²) in [7, 11) is 0. The number of ether oxygens (including phenoxy) is 1. The fourth-order valence-corrected chi connectivity index (χ4v) is 0.265. The number of carboxylic acid groups (broad SMARTS) is 1. The summed E-state index contributed by atoms with van der Waals surface area (Å²) >= 11 is 5.40. The van der Waals surface area contributed by atoms with Crippen molar-refractivity contribution in [1.82, 2.24) is 0 Å². The lowest BCUT2D eigenvalue weighted by molar-refractivity contribution is 0.128. The minimum Gasteiger partial charge on any atom is -0.449 e. The molecule has 4 heteroatoms. The van der Waals surface area contributed by atoms with Crippen LogP contribution >= 0.6 is 11.6 Å². The molecule has 0 aliphatic heterocycles. The van der Waals surface area contributed by atoms with Crippen LogP contribution in [0.5, 0.6) is 0 Å². The minimum atomic E-state index is -1.33. The molecule has 0 bridgehead atoms. The summed E-state index contributed by atoms with van der Waals surface area (Å²) in [6.45, 7) is 1.70. The molecule has 0 saturated heterocycles. The molecule has 0 aliphatic rings. The van der Waals surface area contributed by atoms with Crippen LogP contribution in [0, 0.1) is 0 Å². The number of hydrogen-bond donors (Lipinski definition) is 1. The van der Waals surface area contributed by atoms with E-state index in [0.29, 0.717) is 0 Å². The maximum absolute atomic E-state index is 9.66. The molecular weight excluding hydrogens is 144 g/mol. The first-order valence-electron chi connectivity index (χ1n) is 2.33. The molecule has 52 valence electrons. The Morgan fingerprint density at radius 2 is 2.44 bits per heavy atom. The summed E-state index contributed by atoms with van der Waals surface area (Å²) in [6.07, 6.45) is 1.14. The van der Waals surface area contributed by atoms with Crippen LogP contribution in [0.3, 0.4) is 0 Å². The van der Waals surface area contributed by atoms with Gasteiger partial charge in [-0.05, 0) is 13.0 Å². The van der Waals surface area contributed by atoms with Crippen LogP contribution in [-0.4, -0.2) is 16.6 Å². The first-order valence-corrected chi connectivity index (χ1v) is 2.77. The van der Waals surface area contributed by atoms with E-state index in [9.17, 15) is 4.79 Å². The van der Waals surface area contributed by atoms with Gasteiger partial charge >= 0.3 is 6.16 Å². The molecule has 0 heterocycles. The van der Waals surface area contributed by atoms with Gasteiger partial charge in [0.25, 0.3) is 0 Å². The Morgan fingerprint density at radius 3 is 2.78 bits per heavy atom. The third-order valence-electron chi connectivity index (χ3n) is 0.513. The van der Waals surface area contributed by atoms with Crippen LogP contribution < -0.4 is 0 Å². The van der Waals surface area contributed by atoms with E-state index in [1.54, 1.807) is 6.92 Å². The van der Waals surface area contributed by atoms with Gasteiger partial charge in [0.1, 0.15) is 0 Å². The molecule has 0 spiro atoms. The highest BCUT2D eigenvalue weighted by Gasteiger charge is 1.90. The molecule has 0 radical (unpaired) electrons. The Kier molecular flexibility index (Phi) is 3.88. The molecule has 0 rings (SSSR count). The predicted molar refractivity (Wildman–Crippen MR) is 33.6 cm³/mol. The highest BCUT2D eigenvalue weighted by Crippen LogP contribution is 1.94. The van der Waals surface area contributed by atoms with Crippen molar-refractivity contribution in [2.75, 3.05) is 0 Å². The zero-order valence-corrected chi connectivity index (χ0v) is 5.63. The number of alkyl halides is 1. The Hall–Kier alpha value is -0.700. The lowest BCUT2D eigenvalue weighted by atomic mass is 10.5. The molecule has 3 nitrogen and oxygen atoms in total. The van der Waals surface area contributed by atoms with Gasteiger partial charge < -0.3 is 9.84 Å². The minimum absolute atomic E-state index is 0.204. The van der Waals surface area contributed by atoms with Gasteiger partial charge in [0.15, 0.2) is 0 Å². The van der Waals surface area contributed by atoms with Gasteiger partial charge in [-0.15, -0.1) is 11.6 Å². The van der Waals surface area contributed by atoms with Crippen molar-refractivity contribution >= 4 is 17.8 Å². The van der Waals surface area contributed by atoms with Crippen LogP contribution in [0.15, 0.2) is 12.3 Å². The van der Waals surface area contributed by atoms with E-state index in [0.717, 1.165) is 6.26 Å². The summed E-state index contributed by atoms with van der Waals surface area (Å²) in [5.74, 6) is 0. The van der Waals surface area contributed by atoms with Gasteiger partial charge in [-0.25, -0.2) is 4.79 Å². The molecule has 9 heavy (non-hydrogen) atoms. The second-order valence-electron chi connectivity index (χ2n) is 1.39. The molecular formula is C5H7ClO3. The van der Waals surface area contributed by atoms with Crippen LogP contribution in [-0.2, 0) is 4.74 Å². The van der Waals surface area contributed by atoms with E-state index in [2.05, 4.69) is 4.74 Å². The van der Waals surface area contributed by atoms with Gasteiger partial charge in [-0.3, -0.25) is 0 Å². The Labute approximate surface area is 57.9 Å². The van der Waals surface area contributed by atoms with E-state index in [4.69, 9.17) is 16.7 Å². The molecule has 0 aromatic carbocycles. The summed E-state index contributed by atoms with van der Waals surface area (Å²) in [5.41, 5.74) is 0. The second-order valence-corrected chi connectivity index (χ2v) is 2.08. The summed E-state index contributed by atoms with van der Waals surface area (Å²) in [4.78, 5) is 9.66. The average molecular weight is 151 g/mol. The molecule has 0 amide bonds. The van der Waals surface area contributed by atoms with E-state index in [1.165, 1.54) is 6.08 Å². The van der Waals surface area contributed by atoms with E-state index < -0.39 is 6.16 Å². The van der Waals surface area contributed by atoms with Crippen molar-refractivity contribution in [3.8, 4) is 0 Å². The summed E-state index contributed by atoms with van der Waals surface area (Å²) in [6, 6.07) is 0. The molecule has 0 fully saturated rings. The lowest BCUT2D eigenvalue weighted by Crippen LogP contribution is -1.93. The summed E-state index contributed by atoms with van der Waals surface area (Å²) < 4.78 is 4.00. The summed E-state index contributed by atoms with van der Waals surface area (Å²) in [5, 5.41) is 7.71. The fraction of sp³-hybridized carbons (Fsp3) is 0.400. The molecule has 0 aliphatic carbocycles. The van der Waals surface area contributed by atoms with E-state index in [1.807, 2.05) is 0 Å². The van der Waals surface area contributed by atoms with Gasteiger partial charge in [0.05, 0.1) is 11.6 Å². The standard InChI is InChI=1S/C5H7ClO3/c1-4(6)2-3-9-5(7)8/h2-4H,1H3,(H,7,8). The number of halogens is 1. The molecule has 1 unspecified atom stereocenters. The zero-order chi connectivity index (χ0) is 7.28.